The maximum atomic E-state index is 5.80. The highest BCUT2D eigenvalue weighted by Gasteiger charge is 2.15. The van der Waals surface area contributed by atoms with Gasteiger partial charge in [-0.3, -0.25) is 4.98 Å². The molecule has 3 aromatic rings. The van der Waals surface area contributed by atoms with Crippen molar-refractivity contribution in [1.29, 1.82) is 0 Å². The Balaban J connectivity index is 2.18. The zero-order valence-corrected chi connectivity index (χ0v) is 9.92. The first-order valence-electron chi connectivity index (χ1n) is 5.15. The van der Waals surface area contributed by atoms with Crippen molar-refractivity contribution in [2.45, 2.75) is 13.0 Å². The number of aromatic nitrogens is 5. The summed E-state index contributed by atoms with van der Waals surface area (Å²) < 4.78 is 1.69. The Bertz CT molecular complexity index is 641. The van der Waals surface area contributed by atoms with Crippen LogP contribution in [0.3, 0.4) is 0 Å². The molecule has 7 heteroatoms. The summed E-state index contributed by atoms with van der Waals surface area (Å²) in [5, 5.41) is 13.4. The van der Waals surface area contributed by atoms with Crippen molar-refractivity contribution in [2.75, 3.05) is 0 Å². The molecule has 0 aliphatic heterocycles. The lowest BCUT2D eigenvalue weighted by Crippen LogP contribution is -2.05. The molecule has 0 amide bonds. The SMILES string of the molecule is CC(N)c1nn2c(-c3ccccn3)nnc2s1. The summed E-state index contributed by atoms with van der Waals surface area (Å²) in [5.74, 6) is 0.642. The van der Waals surface area contributed by atoms with Crippen LogP contribution in [-0.4, -0.2) is 24.8 Å². The van der Waals surface area contributed by atoms with Crippen LogP contribution >= 0.6 is 11.3 Å². The average molecular weight is 246 g/mol. The van der Waals surface area contributed by atoms with Gasteiger partial charge in [0, 0.05) is 6.20 Å². The highest BCUT2D eigenvalue weighted by atomic mass is 32.1. The monoisotopic (exact) mass is 246 g/mol. The number of fused-ring (bicyclic) bond motifs is 1. The lowest BCUT2D eigenvalue weighted by atomic mass is 10.3. The van der Waals surface area contributed by atoms with Gasteiger partial charge in [0.15, 0.2) is 0 Å². The summed E-state index contributed by atoms with van der Waals surface area (Å²) in [7, 11) is 0. The quantitative estimate of drug-likeness (QED) is 0.736. The van der Waals surface area contributed by atoms with E-state index in [1.54, 1.807) is 10.7 Å². The molecule has 0 saturated heterocycles. The van der Waals surface area contributed by atoms with Gasteiger partial charge in [-0.1, -0.05) is 17.4 Å². The van der Waals surface area contributed by atoms with E-state index in [0.29, 0.717) is 5.82 Å². The van der Waals surface area contributed by atoms with Gasteiger partial charge in [-0.15, -0.1) is 10.2 Å². The summed E-state index contributed by atoms with van der Waals surface area (Å²) in [4.78, 5) is 4.97. The van der Waals surface area contributed by atoms with Crippen LogP contribution in [0.2, 0.25) is 0 Å². The first kappa shape index (κ1) is 10.3. The molecule has 3 heterocycles. The molecule has 1 atom stereocenters. The maximum Gasteiger partial charge on any atom is 0.235 e. The topological polar surface area (TPSA) is 82.0 Å². The van der Waals surface area contributed by atoms with E-state index in [9.17, 15) is 0 Å². The first-order chi connectivity index (χ1) is 8.25. The van der Waals surface area contributed by atoms with E-state index in [0.717, 1.165) is 15.7 Å². The second-order valence-corrected chi connectivity index (χ2v) is 4.65. The Kier molecular flexibility index (Phi) is 2.34. The molecule has 0 radical (unpaired) electrons. The fourth-order valence-electron chi connectivity index (χ4n) is 1.47. The van der Waals surface area contributed by atoms with Crippen molar-refractivity contribution in [1.82, 2.24) is 24.8 Å². The molecule has 86 valence electrons. The van der Waals surface area contributed by atoms with Crippen molar-refractivity contribution in [3.63, 3.8) is 0 Å². The molecule has 0 fully saturated rings. The van der Waals surface area contributed by atoms with Gasteiger partial charge < -0.3 is 5.73 Å². The molecule has 0 aliphatic rings. The molecule has 3 rings (SSSR count). The van der Waals surface area contributed by atoms with Crippen LogP contribution in [0.25, 0.3) is 16.5 Å². The Morgan fingerprint density at radius 3 is 2.94 bits per heavy atom. The standard InChI is InChI=1S/C10H10N6S/c1-6(11)9-15-16-8(13-14-10(16)17-9)7-4-2-3-5-12-7/h2-6H,11H2,1H3. The highest BCUT2D eigenvalue weighted by Crippen LogP contribution is 2.22. The smallest absolute Gasteiger partial charge is 0.235 e. The number of nitrogens with two attached hydrogens (primary N) is 1. The molecular formula is C10H10N6S. The average Bonchev–Trinajstić information content (AvgIpc) is 2.89. The minimum absolute atomic E-state index is 0.0988. The molecule has 2 N–H and O–H groups in total. The molecule has 0 aromatic carbocycles. The van der Waals surface area contributed by atoms with Crippen molar-refractivity contribution < 1.29 is 0 Å². The predicted molar refractivity (Wildman–Crippen MR) is 64.5 cm³/mol. The van der Waals surface area contributed by atoms with Gasteiger partial charge >= 0.3 is 0 Å². The zero-order valence-electron chi connectivity index (χ0n) is 9.11. The van der Waals surface area contributed by atoms with Gasteiger partial charge in [-0.05, 0) is 19.1 Å². The lowest BCUT2D eigenvalue weighted by Gasteiger charge is -1.96. The minimum atomic E-state index is -0.0988. The van der Waals surface area contributed by atoms with Crippen LogP contribution in [0.4, 0.5) is 0 Å². The molecule has 0 spiro atoms. The molecule has 0 saturated carbocycles. The van der Waals surface area contributed by atoms with E-state index >= 15 is 0 Å². The number of nitrogens with zero attached hydrogens (tertiary/aromatic N) is 5. The maximum absolute atomic E-state index is 5.80. The number of pyridine rings is 1. The van der Waals surface area contributed by atoms with Gasteiger partial charge in [-0.25, -0.2) is 0 Å². The van der Waals surface area contributed by atoms with Crippen molar-refractivity contribution in [3.8, 4) is 11.5 Å². The largest absolute Gasteiger partial charge is 0.322 e. The summed E-state index contributed by atoms with van der Waals surface area (Å²) >= 11 is 1.45. The van der Waals surface area contributed by atoms with E-state index < -0.39 is 0 Å². The van der Waals surface area contributed by atoms with Crippen molar-refractivity contribution in [3.05, 3.63) is 29.4 Å². The van der Waals surface area contributed by atoms with E-state index in [4.69, 9.17) is 5.73 Å². The van der Waals surface area contributed by atoms with Crippen LogP contribution < -0.4 is 5.73 Å². The van der Waals surface area contributed by atoms with E-state index in [1.807, 2.05) is 25.1 Å². The number of rotatable bonds is 2. The molecule has 3 aromatic heterocycles. The Morgan fingerprint density at radius 1 is 1.35 bits per heavy atom. The summed E-state index contributed by atoms with van der Waals surface area (Å²) in [6, 6.07) is 5.54. The first-order valence-corrected chi connectivity index (χ1v) is 5.96. The van der Waals surface area contributed by atoms with Crippen LogP contribution in [0.15, 0.2) is 24.4 Å². The van der Waals surface area contributed by atoms with Gasteiger partial charge in [-0.2, -0.15) is 9.61 Å². The summed E-state index contributed by atoms with van der Waals surface area (Å²) in [6.07, 6.45) is 1.72. The number of hydrogen-bond acceptors (Lipinski definition) is 6. The second-order valence-electron chi connectivity index (χ2n) is 3.66. The Labute approximate surface area is 101 Å². The molecule has 17 heavy (non-hydrogen) atoms. The Hall–Kier alpha value is -1.86. The van der Waals surface area contributed by atoms with E-state index in [2.05, 4.69) is 20.3 Å². The fourth-order valence-corrected chi connectivity index (χ4v) is 2.26. The Morgan fingerprint density at radius 2 is 2.24 bits per heavy atom. The highest BCUT2D eigenvalue weighted by molar-refractivity contribution is 7.16. The summed E-state index contributed by atoms with van der Waals surface area (Å²) in [5.41, 5.74) is 6.55. The zero-order chi connectivity index (χ0) is 11.8. The van der Waals surface area contributed by atoms with Crippen LogP contribution in [0, 0.1) is 0 Å². The molecule has 0 bridgehead atoms. The number of hydrogen-bond donors (Lipinski definition) is 1. The molecule has 6 nitrogen and oxygen atoms in total. The van der Waals surface area contributed by atoms with Crippen LogP contribution in [-0.2, 0) is 0 Å². The molecule has 0 aliphatic carbocycles. The minimum Gasteiger partial charge on any atom is -0.322 e. The summed E-state index contributed by atoms with van der Waals surface area (Å²) in [6.45, 7) is 1.89. The predicted octanol–water partition coefficient (Wildman–Crippen LogP) is 1.27. The lowest BCUT2D eigenvalue weighted by molar-refractivity contribution is 0.769. The molecule has 1 unspecified atom stereocenters. The second kappa shape index (κ2) is 3.86. The van der Waals surface area contributed by atoms with E-state index in [-0.39, 0.29) is 6.04 Å². The third-order valence-corrected chi connectivity index (χ3v) is 3.39. The third kappa shape index (κ3) is 1.69. The molecular weight excluding hydrogens is 236 g/mol. The van der Waals surface area contributed by atoms with Gasteiger partial charge in [0.05, 0.1) is 6.04 Å². The van der Waals surface area contributed by atoms with Crippen molar-refractivity contribution >= 4 is 16.3 Å². The van der Waals surface area contributed by atoms with E-state index in [1.165, 1.54) is 11.3 Å². The van der Waals surface area contributed by atoms with Gasteiger partial charge in [0.25, 0.3) is 0 Å². The normalized spacial score (nSPS) is 13.1. The van der Waals surface area contributed by atoms with Crippen LogP contribution in [0.5, 0.6) is 0 Å². The van der Waals surface area contributed by atoms with Gasteiger partial charge in [0.2, 0.25) is 10.8 Å². The third-order valence-electron chi connectivity index (χ3n) is 2.29. The van der Waals surface area contributed by atoms with Crippen molar-refractivity contribution in [2.24, 2.45) is 5.73 Å². The fraction of sp³-hybridized carbons (Fsp3) is 0.200. The van der Waals surface area contributed by atoms with Gasteiger partial charge in [0.1, 0.15) is 10.7 Å². The van der Waals surface area contributed by atoms with Crippen LogP contribution in [0.1, 0.15) is 18.0 Å².